The summed E-state index contributed by atoms with van der Waals surface area (Å²) in [6, 6.07) is 11.2. The summed E-state index contributed by atoms with van der Waals surface area (Å²) in [6.45, 7) is 2.35. The van der Waals surface area contributed by atoms with Crippen LogP contribution < -0.4 is 14.8 Å². The molecule has 0 bridgehead atoms. The summed E-state index contributed by atoms with van der Waals surface area (Å²) in [7, 11) is 3.24. The largest absolute Gasteiger partial charge is 0.497 e. The van der Waals surface area contributed by atoms with Crippen LogP contribution in [-0.2, 0) is 6.54 Å². The van der Waals surface area contributed by atoms with E-state index in [1.165, 1.54) is 0 Å². The first kappa shape index (κ1) is 18.5. The lowest BCUT2D eigenvalue weighted by Crippen LogP contribution is -2.05. The number of aryl methyl sites for hydroxylation is 1. The van der Waals surface area contributed by atoms with Gasteiger partial charge in [-0.1, -0.05) is 5.16 Å². The molecule has 3 heterocycles. The number of anilines is 1. The van der Waals surface area contributed by atoms with Gasteiger partial charge in [0.25, 0.3) is 0 Å². The van der Waals surface area contributed by atoms with Gasteiger partial charge in [-0.25, -0.2) is 9.97 Å². The standard InChI is InChI=1S/C21H20N4O4/c1-13-7-19(29-25-13)17-12-23-21(24-20(17)18-5-4-6-28-18)22-11-14-8-15(26-2)10-16(9-14)27-3/h4-10,12H,11H2,1-3H3,(H,22,23,24). The molecule has 0 saturated carbocycles. The second-order valence-corrected chi connectivity index (χ2v) is 6.34. The molecule has 0 amide bonds. The van der Waals surface area contributed by atoms with Crippen LogP contribution in [0.15, 0.2) is 57.8 Å². The second kappa shape index (κ2) is 8.05. The zero-order chi connectivity index (χ0) is 20.2. The lowest BCUT2D eigenvalue weighted by Gasteiger charge is -2.11. The van der Waals surface area contributed by atoms with Gasteiger partial charge in [0, 0.05) is 24.9 Å². The lowest BCUT2D eigenvalue weighted by atomic mass is 10.1. The van der Waals surface area contributed by atoms with E-state index in [0.717, 1.165) is 22.8 Å². The van der Waals surface area contributed by atoms with Crippen molar-refractivity contribution in [1.29, 1.82) is 0 Å². The Morgan fingerprint density at radius 3 is 2.45 bits per heavy atom. The highest BCUT2D eigenvalue weighted by Gasteiger charge is 2.17. The molecule has 0 radical (unpaired) electrons. The lowest BCUT2D eigenvalue weighted by molar-refractivity contribution is 0.393. The van der Waals surface area contributed by atoms with Crippen LogP contribution in [0.25, 0.3) is 22.8 Å². The van der Waals surface area contributed by atoms with Crippen LogP contribution in [0.4, 0.5) is 5.95 Å². The Hall–Kier alpha value is -3.81. The Morgan fingerprint density at radius 2 is 1.83 bits per heavy atom. The van der Waals surface area contributed by atoms with Gasteiger partial charge in [0.2, 0.25) is 5.95 Å². The highest BCUT2D eigenvalue weighted by atomic mass is 16.5. The van der Waals surface area contributed by atoms with Crippen molar-refractivity contribution in [3.63, 3.8) is 0 Å². The van der Waals surface area contributed by atoms with Gasteiger partial charge in [-0.15, -0.1) is 0 Å². The van der Waals surface area contributed by atoms with Gasteiger partial charge >= 0.3 is 0 Å². The summed E-state index contributed by atoms with van der Waals surface area (Å²) in [5.74, 6) is 3.09. The van der Waals surface area contributed by atoms with Crippen molar-refractivity contribution in [2.75, 3.05) is 19.5 Å². The van der Waals surface area contributed by atoms with Crippen LogP contribution in [0.5, 0.6) is 11.5 Å². The number of aromatic nitrogens is 3. The zero-order valence-electron chi connectivity index (χ0n) is 16.3. The van der Waals surface area contributed by atoms with Crippen LogP contribution in [0.3, 0.4) is 0 Å². The minimum Gasteiger partial charge on any atom is -0.497 e. The number of nitrogens with one attached hydrogen (secondary N) is 1. The quantitative estimate of drug-likeness (QED) is 0.496. The number of benzene rings is 1. The zero-order valence-corrected chi connectivity index (χ0v) is 16.3. The van der Waals surface area contributed by atoms with Crippen molar-refractivity contribution >= 4 is 5.95 Å². The fourth-order valence-electron chi connectivity index (χ4n) is 2.89. The van der Waals surface area contributed by atoms with Crippen LogP contribution in [0.2, 0.25) is 0 Å². The fraction of sp³-hybridized carbons (Fsp3) is 0.190. The topological polar surface area (TPSA) is 95.4 Å². The van der Waals surface area contributed by atoms with Gasteiger partial charge in [0.05, 0.1) is 31.7 Å². The molecule has 1 aromatic carbocycles. The molecule has 0 aliphatic heterocycles. The van der Waals surface area contributed by atoms with Crippen molar-refractivity contribution in [1.82, 2.24) is 15.1 Å². The maximum atomic E-state index is 5.55. The molecule has 8 nitrogen and oxygen atoms in total. The molecular weight excluding hydrogens is 372 g/mol. The number of furan rings is 1. The molecule has 148 valence electrons. The van der Waals surface area contributed by atoms with Gasteiger partial charge < -0.3 is 23.7 Å². The number of hydrogen-bond acceptors (Lipinski definition) is 8. The predicted molar refractivity (Wildman–Crippen MR) is 107 cm³/mol. The molecule has 29 heavy (non-hydrogen) atoms. The summed E-state index contributed by atoms with van der Waals surface area (Å²) in [4.78, 5) is 9.06. The number of ether oxygens (including phenoxy) is 2. The molecule has 8 heteroatoms. The van der Waals surface area contributed by atoms with Crippen molar-refractivity contribution in [2.45, 2.75) is 13.5 Å². The Labute approximate surface area is 167 Å². The highest BCUT2D eigenvalue weighted by molar-refractivity contribution is 5.75. The average Bonchev–Trinajstić information content (AvgIpc) is 3.43. The SMILES string of the molecule is COc1cc(CNc2ncc(-c3cc(C)no3)c(-c3ccco3)n2)cc(OC)c1. The van der Waals surface area contributed by atoms with E-state index in [-0.39, 0.29) is 0 Å². The number of methoxy groups -OCH3 is 2. The van der Waals surface area contributed by atoms with Gasteiger partial charge in [0.1, 0.15) is 17.2 Å². The third kappa shape index (κ3) is 4.06. The summed E-state index contributed by atoms with van der Waals surface area (Å²) < 4.78 is 21.6. The molecule has 0 fully saturated rings. The molecule has 4 aromatic rings. The number of hydrogen-bond donors (Lipinski definition) is 1. The van der Waals surface area contributed by atoms with E-state index < -0.39 is 0 Å². The van der Waals surface area contributed by atoms with Crippen molar-refractivity contribution in [2.24, 2.45) is 0 Å². The van der Waals surface area contributed by atoms with E-state index in [0.29, 0.717) is 35.3 Å². The second-order valence-electron chi connectivity index (χ2n) is 6.34. The maximum absolute atomic E-state index is 5.55. The first-order valence-electron chi connectivity index (χ1n) is 8.96. The molecule has 0 saturated heterocycles. The third-order valence-corrected chi connectivity index (χ3v) is 4.30. The van der Waals surface area contributed by atoms with Gasteiger partial charge in [-0.05, 0) is 36.8 Å². The third-order valence-electron chi connectivity index (χ3n) is 4.30. The molecule has 0 aliphatic rings. The van der Waals surface area contributed by atoms with Crippen LogP contribution in [0.1, 0.15) is 11.3 Å². The summed E-state index contributed by atoms with van der Waals surface area (Å²) in [5, 5.41) is 7.17. The van der Waals surface area contributed by atoms with E-state index in [4.69, 9.17) is 18.4 Å². The first-order valence-corrected chi connectivity index (χ1v) is 8.96. The molecule has 1 N–H and O–H groups in total. The number of nitrogens with zero attached hydrogens (tertiary/aromatic N) is 3. The maximum Gasteiger partial charge on any atom is 0.223 e. The van der Waals surface area contributed by atoms with E-state index in [2.05, 4.69) is 20.4 Å². The normalized spacial score (nSPS) is 10.7. The Balaban J connectivity index is 1.63. The first-order chi connectivity index (χ1) is 14.2. The summed E-state index contributed by atoms with van der Waals surface area (Å²) >= 11 is 0. The smallest absolute Gasteiger partial charge is 0.223 e. The van der Waals surface area contributed by atoms with Crippen molar-refractivity contribution < 1.29 is 18.4 Å². The molecule has 0 unspecified atom stereocenters. The van der Waals surface area contributed by atoms with Gasteiger partial charge in [-0.3, -0.25) is 0 Å². The Kier molecular flexibility index (Phi) is 5.15. The molecule has 4 rings (SSSR count). The van der Waals surface area contributed by atoms with Crippen LogP contribution in [0, 0.1) is 6.92 Å². The summed E-state index contributed by atoms with van der Waals surface area (Å²) in [5.41, 5.74) is 3.07. The fourth-order valence-corrected chi connectivity index (χ4v) is 2.89. The van der Waals surface area contributed by atoms with Gasteiger partial charge in [0.15, 0.2) is 11.5 Å². The van der Waals surface area contributed by atoms with E-state index in [1.807, 2.05) is 43.3 Å². The molecular formula is C21H20N4O4. The van der Waals surface area contributed by atoms with Gasteiger partial charge in [-0.2, -0.15) is 0 Å². The van der Waals surface area contributed by atoms with E-state index in [1.54, 1.807) is 26.7 Å². The molecule has 0 aliphatic carbocycles. The highest BCUT2D eigenvalue weighted by Crippen LogP contribution is 2.31. The minimum atomic E-state index is 0.457. The van der Waals surface area contributed by atoms with E-state index >= 15 is 0 Å². The van der Waals surface area contributed by atoms with Crippen LogP contribution in [-0.4, -0.2) is 29.3 Å². The van der Waals surface area contributed by atoms with E-state index in [9.17, 15) is 0 Å². The minimum absolute atomic E-state index is 0.457. The molecule has 0 atom stereocenters. The molecule has 3 aromatic heterocycles. The summed E-state index contributed by atoms with van der Waals surface area (Å²) in [6.07, 6.45) is 3.29. The van der Waals surface area contributed by atoms with Crippen molar-refractivity contribution in [3.05, 3.63) is 60.1 Å². The monoisotopic (exact) mass is 392 g/mol. The van der Waals surface area contributed by atoms with Crippen LogP contribution >= 0.6 is 0 Å². The Bertz CT molecular complexity index is 1080. The predicted octanol–water partition coefficient (Wildman–Crippen LogP) is 4.33. The Morgan fingerprint density at radius 1 is 1.03 bits per heavy atom. The van der Waals surface area contributed by atoms with Crippen molar-refractivity contribution in [3.8, 4) is 34.3 Å². The molecule has 0 spiro atoms. The average molecular weight is 392 g/mol. The number of rotatable bonds is 7.